The van der Waals surface area contributed by atoms with Gasteiger partial charge in [0.2, 0.25) is 0 Å². The molecule has 0 saturated carbocycles. The van der Waals surface area contributed by atoms with Crippen molar-refractivity contribution in [3.8, 4) is 11.3 Å². The molecule has 0 bridgehead atoms. The zero-order valence-electron chi connectivity index (χ0n) is 7.95. The number of benzene rings is 1. The number of anilines is 2. The van der Waals surface area contributed by atoms with Crippen molar-refractivity contribution in [2.75, 3.05) is 11.5 Å². The zero-order valence-corrected chi connectivity index (χ0v) is 7.95. The Hall–Kier alpha value is -1.90. The number of rotatable bonds is 1. The lowest BCUT2D eigenvalue weighted by atomic mass is 10.1. The molecular formula is C11H12N2O. The molecule has 0 aliphatic heterocycles. The molecule has 0 radical (unpaired) electrons. The van der Waals surface area contributed by atoms with E-state index in [-0.39, 0.29) is 0 Å². The van der Waals surface area contributed by atoms with Gasteiger partial charge in [-0.1, -0.05) is 0 Å². The fraction of sp³-hybridized carbons (Fsp3) is 0.0909. The van der Waals surface area contributed by atoms with Gasteiger partial charge in [-0.25, -0.2) is 0 Å². The van der Waals surface area contributed by atoms with Crippen LogP contribution in [0.4, 0.5) is 11.4 Å². The predicted octanol–water partition coefficient (Wildman–Crippen LogP) is 2.42. The summed E-state index contributed by atoms with van der Waals surface area (Å²) in [5.41, 5.74) is 13.6. The van der Waals surface area contributed by atoms with Crippen LogP contribution in [0.1, 0.15) is 5.76 Å². The predicted molar refractivity (Wildman–Crippen MR) is 57.7 cm³/mol. The highest BCUT2D eigenvalue weighted by Gasteiger charge is 2.06. The SMILES string of the molecule is Cc1ccc(-c2ccc(N)cc2N)o1. The van der Waals surface area contributed by atoms with Gasteiger partial charge < -0.3 is 15.9 Å². The monoisotopic (exact) mass is 188 g/mol. The lowest BCUT2D eigenvalue weighted by Crippen LogP contribution is -1.92. The minimum absolute atomic E-state index is 0.638. The van der Waals surface area contributed by atoms with Gasteiger partial charge in [0, 0.05) is 16.9 Å². The normalized spacial score (nSPS) is 10.4. The standard InChI is InChI=1S/C11H12N2O/c1-7-2-5-11(14-7)9-4-3-8(12)6-10(9)13/h2-6H,12-13H2,1H3. The van der Waals surface area contributed by atoms with Gasteiger partial charge in [0.1, 0.15) is 11.5 Å². The van der Waals surface area contributed by atoms with Gasteiger partial charge >= 0.3 is 0 Å². The summed E-state index contributed by atoms with van der Waals surface area (Å²) in [7, 11) is 0. The molecule has 1 aromatic carbocycles. The lowest BCUT2D eigenvalue weighted by Gasteiger charge is -2.02. The second kappa shape index (κ2) is 3.10. The van der Waals surface area contributed by atoms with E-state index in [1.807, 2.05) is 31.2 Å². The van der Waals surface area contributed by atoms with E-state index in [4.69, 9.17) is 15.9 Å². The number of furan rings is 1. The van der Waals surface area contributed by atoms with Crippen LogP contribution in [-0.4, -0.2) is 0 Å². The number of nitrogen functional groups attached to an aromatic ring is 2. The maximum absolute atomic E-state index is 5.82. The lowest BCUT2D eigenvalue weighted by molar-refractivity contribution is 0.548. The Balaban J connectivity index is 2.52. The first-order valence-electron chi connectivity index (χ1n) is 4.38. The van der Waals surface area contributed by atoms with Gasteiger partial charge in [0.25, 0.3) is 0 Å². The van der Waals surface area contributed by atoms with E-state index in [2.05, 4.69) is 0 Å². The molecule has 4 N–H and O–H groups in total. The van der Waals surface area contributed by atoms with Crippen molar-refractivity contribution in [2.24, 2.45) is 0 Å². The summed E-state index contributed by atoms with van der Waals surface area (Å²) >= 11 is 0. The fourth-order valence-electron chi connectivity index (χ4n) is 1.38. The highest BCUT2D eigenvalue weighted by atomic mass is 16.3. The molecule has 0 amide bonds. The maximum atomic E-state index is 5.82. The fourth-order valence-corrected chi connectivity index (χ4v) is 1.38. The van der Waals surface area contributed by atoms with E-state index < -0.39 is 0 Å². The average Bonchev–Trinajstić information content (AvgIpc) is 2.51. The van der Waals surface area contributed by atoms with Crippen LogP contribution in [0.5, 0.6) is 0 Å². The molecule has 0 atom stereocenters. The minimum Gasteiger partial charge on any atom is -0.461 e. The van der Waals surface area contributed by atoms with Crippen LogP contribution in [-0.2, 0) is 0 Å². The van der Waals surface area contributed by atoms with Crippen molar-refractivity contribution in [3.63, 3.8) is 0 Å². The van der Waals surface area contributed by atoms with Crippen molar-refractivity contribution >= 4 is 11.4 Å². The summed E-state index contributed by atoms with van der Waals surface area (Å²) in [6, 6.07) is 9.21. The van der Waals surface area contributed by atoms with Crippen molar-refractivity contribution in [1.29, 1.82) is 0 Å². The summed E-state index contributed by atoms with van der Waals surface area (Å²) in [5.74, 6) is 1.65. The van der Waals surface area contributed by atoms with E-state index >= 15 is 0 Å². The van der Waals surface area contributed by atoms with E-state index in [0.717, 1.165) is 17.1 Å². The first kappa shape index (κ1) is 8.69. The van der Waals surface area contributed by atoms with Crippen LogP contribution >= 0.6 is 0 Å². The third-order valence-corrected chi connectivity index (χ3v) is 2.08. The number of hydrogen-bond donors (Lipinski definition) is 2. The first-order chi connectivity index (χ1) is 6.66. The summed E-state index contributed by atoms with van der Waals surface area (Å²) in [6.07, 6.45) is 0. The van der Waals surface area contributed by atoms with Crippen molar-refractivity contribution in [3.05, 3.63) is 36.1 Å². The number of hydrogen-bond acceptors (Lipinski definition) is 3. The Kier molecular flexibility index (Phi) is 1.93. The van der Waals surface area contributed by atoms with Gasteiger partial charge in [-0.15, -0.1) is 0 Å². The van der Waals surface area contributed by atoms with E-state index in [1.165, 1.54) is 0 Å². The van der Waals surface area contributed by atoms with Gasteiger partial charge in [-0.05, 0) is 37.3 Å². The summed E-state index contributed by atoms with van der Waals surface area (Å²) < 4.78 is 5.47. The molecule has 1 aromatic heterocycles. The average molecular weight is 188 g/mol. The summed E-state index contributed by atoms with van der Waals surface area (Å²) in [6.45, 7) is 1.90. The highest BCUT2D eigenvalue weighted by molar-refractivity contribution is 5.75. The summed E-state index contributed by atoms with van der Waals surface area (Å²) in [4.78, 5) is 0. The molecule has 2 rings (SSSR count). The molecule has 0 spiro atoms. The Morgan fingerprint density at radius 3 is 2.43 bits per heavy atom. The third-order valence-electron chi connectivity index (χ3n) is 2.08. The van der Waals surface area contributed by atoms with Crippen molar-refractivity contribution < 1.29 is 4.42 Å². The molecule has 0 aliphatic rings. The number of aryl methyl sites for hydroxylation is 1. The first-order valence-corrected chi connectivity index (χ1v) is 4.38. The molecule has 72 valence electrons. The van der Waals surface area contributed by atoms with Crippen LogP contribution in [0.3, 0.4) is 0 Å². The Bertz CT molecular complexity index is 460. The molecule has 1 heterocycles. The van der Waals surface area contributed by atoms with Crippen LogP contribution in [0.15, 0.2) is 34.7 Å². The topological polar surface area (TPSA) is 65.2 Å². The zero-order chi connectivity index (χ0) is 10.1. The van der Waals surface area contributed by atoms with Gasteiger partial charge in [-0.2, -0.15) is 0 Å². The van der Waals surface area contributed by atoms with Gasteiger partial charge in [0.05, 0.1) is 0 Å². The summed E-state index contributed by atoms with van der Waals surface area (Å²) in [5, 5.41) is 0. The van der Waals surface area contributed by atoms with Crippen molar-refractivity contribution in [2.45, 2.75) is 6.92 Å². The smallest absolute Gasteiger partial charge is 0.136 e. The molecule has 14 heavy (non-hydrogen) atoms. The molecular weight excluding hydrogens is 176 g/mol. The number of nitrogens with two attached hydrogens (primary N) is 2. The van der Waals surface area contributed by atoms with Gasteiger partial charge in [0.15, 0.2) is 0 Å². The molecule has 0 unspecified atom stereocenters. The molecule has 3 nitrogen and oxygen atoms in total. The minimum atomic E-state index is 0.638. The largest absolute Gasteiger partial charge is 0.461 e. The third kappa shape index (κ3) is 1.44. The van der Waals surface area contributed by atoms with Crippen LogP contribution in [0.2, 0.25) is 0 Å². The second-order valence-electron chi connectivity index (χ2n) is 3.26. The Morgan fingerprint density at radius 2 is 1.86 bits per heavy atom. The van der Waals surface area contributed by atoms with E-state index in [9.17, 15) is 0 Å². The van der Waals surface area contributed by atoms with Crippen LogP contribution in [0.25, 0.3) is 11.3 Å². The molecule has 0 fully saturated rings. The van der Waals surface area contributed by atoms with Crippen LogP contribution < -0.4 is 11.5 Å². The Morgan fingerprint density at radius 1 is 1.07 bits per heavy atom. The molecule has 0 aliphatic carbocycles. The van der Waals surface area contributed by atoms with Crippen LogP contribution in [0, 0.1) is 6.92 Å². The second-order valence-corrected chi connectivity index (χ2v) is 3.26. The quantitative estimate of drug-likeness (QED) is 0.675. The van der Waals surface area contributed by atoms with E-state index in [0.29, 0.717) is 11.4 Å². The Labute approximate surface area is 82.3 Å². The maximum Gasteiger partial charge on any atom is 0.136 e. The van der Waals surface area contributed by atoms with Gasteiger partial charge in [-0.3, -0.25) is 0 Å². The molecule has 0 saturated heterocycles. The van der Waals surface area contributed by atoms with E-state index in [1.54, 1.807) is 6.07 Å². The molecule has 2 aromatic rings. The molecule has 3 heteroatoms. The highest BCUT2D eigenvalue weighted by Crippen LogP contribution is 2.28. The van der Waals surface area contributed by atoms with Crippen molar-refractivity contribution in [1.82, 2.24) is 0 Å².